The standard InChI is InChI=1S/C12H7ClN4O/c13-10-5-7(1-4-15-10)11-16-9-6-14-3-2-8(9)12(18)17-11/h1-6H,(H,16,17,18). The number of nitrogens with zero attached hydrogens (tertiary/aromatic N) is 4. The van der Waals surface area contributed by atoms with Gasteiger partial charge in [0.1, 0.15) is 5.15 Å². The summed E-state index contributed by atoms with van der Waals surface area (Å²) in [7, 11) is 0. The molecule has 3 rings (SSSR count). The minimum atomic E-state index is -0.0784. The Labute approximate surface area is 107 Å². The van der Waals surface area contributed by atoms with Gasteiger partial charge in [-0.2, -0.15) is 4.98 Å². The van der Waals surface area contributed by atoms with Crippen molar-refractivity contribution in [3.63, 3.8) is 0 Å². The summed E-state index contributed by atoms with van der Waals surface area (Å²) >= 11 is 5.81. The molecule has 0 saturated carbocycles. The molecule has 0 amide bonds. The zero-order valence-corrected chi connectivity index (χ0v) is 9.83. The average molecular weight is 259 g/mol. The molecule has 6 heteroatoms. The Morgan fingerprint density at radius 3 is 2.83 bits per heavy atom. The number of aromatic nitrogens is 4. The third-order valence-electron chi connectivity index (χ3n) is 2.46. The number of rotatable bonds is 1. The fourth-order valence-corrected chi connectivity index (χ4v) is 1.81. The van der Waals surface area contributed by atoms with E-state index in [0.717, 1.165) is 0 Å². The molecular weight excluding hydrogens is 252 g/mol. The minimum Gasteiger partial charge on any atom is -0.493 e. The largest absolute Gasteiger partial charge is 0.493 e. The maximum atomic E-state index is 9.86. The Morgan fingerprint density at radius 2 is 2.00 bits per heavy atom. The van der Waals surface area contributed by atoms with E-state index >= 15 is 0 Å². The van der Waals surface area contributed by atoms with Gasteiger partial charge in [-0.15, -0.1) is 0 Å². The van der Waals surface area contributed by atoms with Crippen molar-refractivity contribution in [3.05, 3.63) is 41.9 Å². The molecule has 3 heterocycles. The van der Waals surface area contributed by atoms with E-state index in [2.05, 4.69) is 19.9 Å². The lowest BCUT2D eigenvalue weighted by molar-refractivity contribution is 0.460. The lowest BCUT2D eigenvalue weighted by Crippen LogP contribution is -1.92. The molecular formula is C12H7ClN4O. The molecule has 0 radical (unpaired) electrons. The molecule has 0 fully saturated rings. The van der Waals surface area contributed by atoms with Crippen molar-refractivity contribution in [2.75, 3.05) is 0 Å². The first-order valence-electron chi connectivity index (χ1n) is 5.17. The van der Waals surface area contributed by atoms with Crippen LogP contribution in [-0.2, 0) is 0 Å². The second-order valence-electron chi connectivity index (χ2n) is 3.63. The fraction of sp³-hybridized carbons (Fsp3) is 0. The number of pyridine rings is 2. The van der Waals surface area contributed by atoms with Gasteiger partial charge in [-0.3, -0.25) is 4.98 Å². The van der Waals surface area contributed by atoms with Crippen molar-refractivity contribution in [2.45, 2.75) is 0 Å². The second-order valence-corrected chi connectivity index (χ2v) is 4.02. The van der Waals surface area contributed by atoms with Crippen LogP contribution in [-0.4, -0.2) is 25.0 Å². The molecule has 0 aliphatic rings. The van der Waals surface area contributed by atoms with Crippen LogP contribution in [0.4, 0.5) is 0 Å². The molecule has 5 nitrogen and oxygen atoms in total. The molecule has 0 aliphatic carbocycles. The van der Waals surface area contributed by atoms with Crippen molar-refractivity contribution in [2.24, 2.45) is 0 Å². The van der Waals surface area contributed by atoms with Crippen LogP contribution in [0.2, 0.25) is 5.15 Å². The van der Waals surface area contributed by atoms with E-state index in [1.807, 2.05) is 0 Å². The SMILES string of the molecule is Oc1nc(-c2ccnc(Cl)c2)nc2cnccc12. The molecule has 3 aromatic heterocycles. The van der Waals surface area contributed by atoms with Gasteiger partial charge < -0.3 is 5.11 Å². The van der Waals surface area contributed by atoms with E-state index in [1.165, 1.54) is 0 Å². The Morgan fingerprint density at radius 1 is 1.11 bits per heavy atom. The van der Waals surface area contributed by atoms with Crippen LogP contribution in [0.15, 0.2) is 36.8 Å². The molecule has 0 spiro atoms. The summed E-state index contributed by atoms with van der Waals surface area (Å²) in [6, 6.07) is 5.02. The number of aromatic hydroxyl groups is 1. The highest BCUT2D eigenvalue weighted by molar-refractivity contribution is 6.29. The normalized spacial score (nSPS) is 10.7. The highest BCUT2D eigenvalue weighted by Gasteiger charge is 2.08. The summed E-state index contributed by atoms with van der Waals surface area (Å²) in [5.74, 6) is 0.308. The van der Waals surface area contributed by atoms with Gasteiger partial charge in [0.25, 0.3) is 0 Å². The van der Waals surface area contributed by atoms with Crippen LogP contribution in [0, 0.1) is 0 Å². The van der Waals surface area contributed by atoms with Gasteiger partial charge >= 0.3 is 0 Å². The lowest BCUT2D eigenvalue weighted by atomic mass is 10.2. The van der Waals surface area contributed by atoms with Crippen molar-refractivity contribution in [1.82, 2.24) is 19.9 Å². The summed E-state index contributed by atoms with van der Waals surface area (Å²) in [6.07, 6.45) is 4.71. The van der Waals surface area contributed by atoms with Crippen LogP contribution in [0.1, 0.15) is 0 Å². The minimum absolute atomic E-state index is 0.0784. The Kier molecular flexibility index (Phi) is 2.53. The summed E-state index contributed by atoms with van der Waals surface area (Å²) in [6.45, 7) is 0. The highest BCUT2D eigenvalue weighted by atomic mass is 35.5. The van der Waals surface area contributed by atoms with Gasteiger partial charge in [-0.05, 0) is 18.2 Å². The summed E-state index contributed by atoms with van der Waals surface area (Å²) in [5.41, 5.74) is 1.27. The van der Waals surface area contributed by atoms with Crippen LogP contribution >= 0.6 is 11.6 Å². The van der Waals surface area contributed by atoms with E-state index < -0.39 is 0 Å². The van der Waals surface area contributed by atoms with Gasteiger partial charge in [0.2, 0.25) is 5.88 Å². The lowest BCUT2D eigenvalue weighted by Gasteiger charge is -2.04. The molecule has 18 heavy (non-hydrogen) atoms. The van der Waals surface area contributed by atoms with Gasteiger partial charge in [-0.25, -0.2) is 9.97 Å². The Bertz CT molecular complexity index is 732. The molecule has 0 atom stereocenters. The second kappa shape index (κ2) is 4.19. The van der Waals surface area contributed by atoms with E-state index in [-0.39, 0.29) is 5.88 Å². The molecule has 0 aromatic carbocycles. The third-order valence-corrected chi connectivity index (χ3v) is 2.67. The zero-order valence-electron chi connectivity index (χ0n) is 9.08. The quantitative estimate of drug-likeness (QED) is 0.679. The van der Waals surface area contributed by atoms with Gasteiger partial charge in [0.15, 0.2) is 5.82 Å². The summed E-state index contributed by atoms with van der Waals surface area (Å²) in [5, 5.41) is 10.8. The number of fused-ring (bicyclic) bond motifs is 1. The topological polar surface area (TPSA) is 71.8 Å². The first kappa shape index (κ1) is 10.9. The Hall–Kier alpha value is -2.27. The predicted octanol–water partition coefficient (Wildman–Crippen LogP) is 2.45. The summed E-state index contributed by atoms with van der Waals surface area (Å²) < 4.78 is 0. The van der Waals surface area contributed by atoms with Gasteiger partial charge in [-0.1, -0.05) is 11.6 Å². The van der Waals surface area contributed by atoms with Crippen molar-refractivity contribution in [1.29, 1.82) is 0 Å². The van der Waals surface area contributed by atoms with Crippen molar-refractivity contribution < 1.29 is 5.11 Å². The number of hydrogen-bond acceptors (Lipinski definition) is 5. The Balaban J connectivity index is 2.24. The van der Waals surface area contributed by atoms with Crippen LogP contribution < -0.4 is 0 Å². The first-order chi connectivity index (χ1) is 8.74. The predicted molar refractivity (Wildman–Crippen MR) is 67.2 cm³/mol. The van der Waals surface area contributed by atoms with Crippen LogP contribution in [0.3, 0.4) is 0 Å². The highest BCUT2D eigenvalue weighted by Crippen LogP contribution is 2.25. The fourth-order valence-electron chi connectivity index (χ4n) is 1.63. The monoisotopic (exact) mass is 258 g/mol. The molecule has 0 saturated heterocycles. The van der Waals surface area contributed by atoms with Gasteiger partial charge in [0.05, 0.1) is 17.1 Å². The third kappa shape index (κ3) is 1.84. The van der Waals surface area contributed by atoms with E-state index in [0.29, 0.717) is 27.4 Å². The van der Waals surface area contributed by atoms with Crippen LogP contribution in [0.5, 0.6) is 5.88 Å². The van der Waals surface area contributed by atoms with E-state index in [4.69, 9.17) is 11.6 Å². The van der Waals surface area contributed by atoms with E-state index in [1.54, 1.807) is 36.8 Å². The smallest absolute Gasteiger partial charge is 0.222 e. The van der Waals surface area contributed by atoms with E-state index in [9.17, 15) is 5.11 Å². The number of hydrogen-bond donors (Lipinski definition) is 1. The molecule has 0 unspecified atom stereocenters. The summed E-state index contributed by atoms with van der Waals surface area (Å²) in [4.78, 5) is 16.2. The maximum absolute atomic E-state index is 9.86. The van der Waals surface area contributed by atoms with Gasteiger partial charge in [0, 0.05) is 18.0 Å². The maximum Gasteiger partial charge on any atom is 0.222 e. The molecule has 88 valence electrons. The molecule has 0 bridgehead atoms. The van der Waals surface area contributed by atoms with Crippen molar-refractivity contribution in [3.8, 4) is 17.3 Å². The first-order valence-corrected chi connectivity index (χ1v) is 5.54. The molecule has 0 aliphatic heterocycles. The molecule has 3 aromatic rings. The number of halogens is 1. The zero-order chi connectivity index (χ0) is 12.5. The van der Waals surface area contributed by atoms with Crippen molar-refractivity contribution >= 4 is 22.5 Å². The molecule has 1 N–H and O–H groups in total. The van der Waals surface area contributed by atoms with Crippen LogP contribution in [0.25, 0.3) is 22.3 Å². The average Bonchev–Trinajstić information content (AvgIpc) is 2.39.